The Labute approximate surface area is 175 Å². The third kappa shape index (κ3) is 4.08. The smallest absolute Gasteiger partial charge is 0.239 e. The van der Waals surface area contributed by atoms with Crippen molar-refractivity contribution in [3.8, 4) is 0 Å². The van der Waals surface area contributed by atoms with Crippen molar-refractivity contribution in [2.75, 3.05) is 24.5 Å². The molecule has 1 aromatic heterocycles. The van der Waals surface area contributed by atoms with Gasteiger partial charge in [0.15, 0.2) is 0 Å². The molecule has 2 aliphatic heterocycles. The molecule has 1 unspecified atom stereocenters. The number of aromatic nitrogens is 2. The van der Waals surface area contributed by atoms with E-state index in [1.807, 2.05) is 36.1 Å². The van der Waals surface area contributed by atoms with Crippen LogP contribution in [0.5, 0.6) is 0 Å². The van der Waals surface area contributed by atoms with Crippen molar-refractivity contribution >= 4 is 23.3 Å². The number of anilines is 1. The first-order chi connectivity index (χ1) is 13.9. The van der Waals surface area contributed by atoms with Crippen LogP contribution < -0.4 is 10.6 Å². The Bertz CT molecular complexity index is 891. The van der Waals surface area contributed by atoms with Crippen molar-refractivity contribution in [3.05, 3.63) is 52.4 Å². The van der Waals surface area contributed by atoms with Gasteiger partial charge in [-0.25, -0.2) is 9.97 Å². The fourth-order valence-corrected chi connectivity index (χ4v) is 4.26. The third-order valence-corrected chi connectivity index (χ3v) is 5.97. The van der Waals surface area contributed by atoms with E-state index in [9.17, 15) is 4.79 Å². The number of benzene rings is 1. The number of carbonyl (C=O) groups is 1. The number of fused-ring (bicyclic) bond motifs is 1. The molecular formula is C21H26ClN5O2. The molecule has 2 aromatic rings. The van der Waals surface area contributed by atoms with E-state index in [0.29, 0.717) is 37.7 Å². The highest BCUT2D eigenvalue weighted by Crippen LogP contribution is 2.36. The molecule has 0 aliphatic carbocycles. The second kappa shape index (κ2) is 8.26. The zero-order valence-corrected chi connectivity index (χ0v) is 17.5. The molecule has 4 rings (SSSR count). The summed E-state index contributed by atoms with van der Waals surface area (Å²) in [5, 5.41) is 0.675. The number of hydrogen-bond donors (Lipinski definition) is 1. The molecule has 0 radical (unpaired) electrons. The van der Waals surface area contributed by atoms with Crippen LogP contribution in [0.1, 0.15) is 36.8 Å². The fraction of sp³-hybridized carbons (Fsp3) is 0.476. The van der Waals surface area contributed by atoms with E-state index >= 15 is 0 Å². The van der Waals surface area contributed by atoms with E-state index in [4.69, 9.17) is 22.1 Å². The number of nitrogens with zero attached hydrogens (tertiary/aromatic N) is 4. The number of nitrogens with two attached hydrogens (primary N) is 1. The van der Waals surface area contributed by atoms with Gasteiger partial charge in [-0.2, -0.15) is 0 Å². The normalized spacial score (nSPS) is 22.5. The highest BCUT2D eigenvalue weighted by Gasteiger charge is 2.34. The minimum atomic E-state index is -0.563. The number of piperazine rings is 1. The zero-order chi connectivity index (χ0) is 20.5. The van der Waals surface area contributed by atoms with E-state index in [1.165, 1.54) is 0 Å². The summed E-state index contributed by atoms with van der Waals surface area (Å²) in [5.41, 5.74) is 9.26. The van der Waals surface area contributed by atoms with Gasteiger partial charge in [-0.1, -0.05) is 23.7 Å². The van der Waals surface area contributed by atoms with Gasteiger partial charge in [0.2, 0.25) is 5.91 Å². The first-order valence-corrected chi connectivity index (χ1v) is 10.3. The second-order valence-corrected chi connectivity index (χ2v) is 8.21. The maximum absolute atomic E-state index is 12.9. The molecule has 0 saturated carbocycles. The van der Waals surface area contributed by atoms with Gasteiger partial charge in [0.1, 0.15) is 12.1 Å². The Balaban J connectivity index is 1.42. The monoisotopic (exact) mass is 415 g/mol. The molecule has 154 valence electrons. The predicted molar refractivity (Wildman–Crippen MR) is 112 cm³/mol. The lowest BCUT2D eigenvalue weighted by atomic mass is 10.0. The molecule has 1 amide bonds. The molecule has 0 bridgehead atoms. The van der Waals surface area contributed by atoms with E-state index in [1.54, 1.807) is 6.33 Å². The molecular weight excluding hydrogens is 390 g/mol. The molecule has 2 aliphatic rings. The summed E-state index contributed by atoms with van der Waals surface area (Å²) in [6.07, 6.45) is 2.08. The Kier molecular flexibility index (Phi) is 5.72. The molecule has 3 atom stereocenters. The SMILES string of the molecule is CC1OCc2ncnc(N3CCN(C(=O)[C@H](N)Cc4ccc(Cl)cc4)C[C@@H]3C)c21. The number of amides is 1. The lowest BCUT2D eigenvalue weighted by Crippen LogP contribution is -2.57. The summed E-state index contributed by atoms with van der Waals surface area (Å²) in [6, 6.07) is 7.03. The summed E-state index contributed by atoms with van der Waals surface area (Å²) >= 11 is 5.93. The number of carbonyl (C=O) groups excluding carboxylic acids is 1. The Morgan fingerprint density at radius 2 is 2.03 bits per heavy atom. The molecule has 1 saturated heterocycles. The van der Waals surface area contributed by atoms with Gasteiger partial charge >= 0.3 is 0 Å². The minimum Gasteiger partial charge on any atom is -0.367 e. The van der Waals surface area contributed by atoms with E-state index < -0.39 is 6.04 Å². The molecule has 7 nitrogen and oxygen atoms in total. The predicted octanol–water partition coefficient (Wildman–Crippen LogP) is 2.33. The summed E-state index contributed by atoms with van der Waals surface area (Å²) in [6.45, 7) is 6.60. The quantitative estimate of drug-likeness (QED) is 0.824. The summed E-state index contributed by atoms with van der Waals surface area (Å²) < 4.78 is 5.73. The fourth-order valence-electron chi connectivity index (χ4n) is 4.14. The molecule has 0 spiro atoms. The Hall–Kier alpha value is -2.22. The van der Waals surface area contributed by atoms with Gasteiger partial charge < -0.3 is 20.3 Å². The first kappa shape index (κ1) is 20.1. The van der Waals surface area contributed by atoms with Crippen LogP contribution in [-0.4, -0.2) is 52.5 Å². The topological polar surface area (TPSA) is 84.6 Å². The molecule has 1 fully saturated rings. The first-order valence-electron chi connectivity index (χ1n) is 9.95. The third-order valence-electron chi connectivity index (χ3n) is 5.72. The number of halogens is 1. The average Bonchev–Trinajstić information content (AvgIpc) is 3.10. The maximum Gasteiger partial charge on any atom is 0.239 e. The van der Waals surface area contributed by atoms with Crippen LogP contribution in [0.15, 0.2) is 30.6 Å². The lowest BCUT2D eigenvalue weighted by molar-refractivity contribution is -0.133. The lowest BCUT2D eigenvalue weighted by Gasteiger charge is -2.42. The second-order valence-electron chi connectivity index (χ2n) is 7.77. The van der Waals surface area contributed by atoms with Gasteiger partial charge in [0.25, 0.3) is 0 Å². The van der Waals surface area contributed by atoms with Crippen LogP contribution in [0.4, 0.5) is 5.82 Å². The van der Waals surface area contributed by atoms with Gasteiger partial charge in [-0.3, -0.25) is 4.79 Å². The van der Waals surface area contributed by atoms with Crippen molar-refractivity contribution in [1.82, 2.24) is 14.9 Å². The average molecular weight is 416 g/mol. The molecule has 2 N–H and O–H groups in total. The van der Waals surface area contributed by atoms with E-state index in [2.05, 4.69) is 21.8 Å². The molecule has 29 heavy (non-hydrogen) atoms. The minimum absolute atomic E-state index is 0.0131. The largest absolute Gasteiger partial charge is 0.367 e. The van der Waals surface area contributed by atoms with Crippen molar-refractivity contribution in [2.24, 2.45) is 5.73 Å². The van der Waals surface area contributed by atoms with Crippen molar-refractivity contribution in [2.45, 2.75) is 45.1 Å². The number of hydrogen-bond acceptors (Lipinski definition) is 6. The van der Waals surface area contributed by atoms with Crippen LogP contribution in [-0.2, 0) is 22.6 Å². The number of rotatable bonds is 4. The van der Waals surface area contributed by atoms with Crippen LogP contribution in [0.25, 0.3) is 0 Å². The Morgan fingerprint density at radius 3 is 2.76 bits per heavy atom. The van der Waals surface area contributed by atoms with Crippen molar-refractivity contribution in [1.29, 1.82) is 0 Å². The maximum atomic E-state index is 12.9. The molecule has 8 heteroatoms. The summed E-state index contributed by atoms with van der Waals surface area (Å²) in [7, 11) is 0. The summed E-state index contributed by atoms with van der Waals surface area (Å²) in [4.78, 5) is 25.9. The zero-order valence-electron chi connectivity index (χ0n) is 16.7. The van der Waals surface area contributed by atoms with E-state index in [-0.39, 0.29) is 18.1 Å². The molecule has 1 aromatic carbocycles. The highest BCUT2D eigenvalue weighted by molar-refractivity contribution is 6.30. The van der Waals surface area contributed by atoms with Crippen LogP contribution in [0.3, 0.4) is 0 Å². The van der Waals surface area contributed by atoms with Crippen LogP contribution in [0, 0.1) is 0 Å². The summed E-state index contributed by atoms with van der Waals surface area (Å²) in [5.74, 6) is 0.904. The van der Waals surface area contributed by atoms with E-state index in [0.717, 1.165) is 22.6 Å². The number of ether oxygens (including phenoxy) is 1. The highest BCUT2D eigenvalue weighted by atomic mass is 35.5. The van der Waals surface area contributed by atoms with Crippen LogP contribution in [0.2, 0.25) is 5.02 Å². The van der Waals surface area contributed by atoms with Crippen molar-refractivity contribution < 1.29 is 9.53 Å². The van der Waals surface area contributed by atoms with Crippen molar-refractivity contribution in [3.63, 3.8) is 0 Å². The molecule has 3 heterocycles. The van der Waals surface area contributed by atoms with Gasteiger partial charge in [0, 0.05) is 36.3 Å². The standard InChI is InChI=1S/C21H26ClN5O2/c1-13-10-26(21(28)17(23)9-15-3-5-16(22)6-4-15)7-8-27(13)20-19-14(2)29-11-18(19)24-12-25-20/h3-6,12-14,17H,7-11,23H2,1-2H3/t13-,14?,17+/m0/s1. The van der Waals surface area contributed by atoms with Crippen LogP contribution >= 0.6 is 11.6 Å². The van der Waals surface area contributed by atoms with Gasteiger partial charge in [0.05, 0.1) is 24.4 Å². The van der Waals surface area contributed by atoms with Gasteiger partial charge in [-0.05, 0) is 38.0 Å². The van der Waals surface area contributed by atoms with Gasteiger partial charge in [-0.15, -0.1) is 0 Å². The Morgan fingerprint density at radius 1 is 1.28 bits per heavy atom.